The van der Waals surface area contributed by atoms with Crippen LogP contribution in [0.3, 0.4) is 0 Å². The van der Waals surface area contributed by atoms with Crippen LogP contribution in [0.2, 0.25) is 0 Å². The van der Waals surface area contributed by atoms with Crippen LogP contribution in [0.1, 0.15) is 6.42 Å². The fourth-order valence-electron chi connectivity index (χ4n) is 0.638. The first kappa shape index (κ1) is 5.41. The standard InChI is InChI=1S/C4H10N2S/c7-4-5-2-1-3-6-4/h4-7H,1-3H2. The highest BCUT2D eigenvalue weighted by atomic mass is 32.1. The normalized spacial score (nSPS) is 25.3. The van der Waals surface area contributed by atoms with Gasteiger partial charge in [-0.2, -0.15) is 0 Å². The molecule has 1 fully saturated rings. The summed E-state index contributed by atoms with van der Waals surface area (Å²) < 4.78 is 0. The molecule has 7 heavy (non-hydrogen) atoms. The fourth-order valence-corrected chi connectivity index (χ4v) is 0.896. The second kappa shape index (κ2) is 2.55. The van der Waals surface area contributed by atoms with Gasteiger partial charge in [-0.1, -0.05) is 0 Å². The lowest BCUT2D eigenvalue weighted by Gasteiger charge is -2.19. The lowest BCUT2D eigenvalue weighted by molar-refractivity contribution is 0.467. The molecule has 0 bridgehead atoms. The third kappa shape index (κ3) is 1.67. The predicted molar refractivity (Wildman–Crippen MR) is 33.4 cm³/mol. The number of rotatable bonds is 0. The quantitative estimate of drug-likeness (QED) is 0.383. The molecule has 0 spiro atoms. The van der Waals surface area contributed by atoms with Crippen molar-refractivity contribution in [3.63, 3.8) is 0 Å². The SMILES string of the molecule is SC1NCCCN1. The van der Waals surface area contributed by atoms with Crippen LogP contribution in [0, 0.1) is 0 Å². The predicted octanol–water partition coefficient (Wildman–Crippen LogP) is -0.217. The Balaban J connectivity index is 2.12. The molecule has 2 nitrogen and oxygen atoms in total. The van der Waals surface area contributed by atoms with Gasteiger partial charge >= 0.3 is 0 Å². The van der Waals surface area contributed by atoms with Crippen LogP contribution in [-0.4, -0.2) is 18.6 Å². The van der Waals surface area contributed by atoms with Gasteiger partial charge in [0.2, 0.25) is 0 Å². The third-order valence-corrected chi connectivity index (χ3v) is 1.39. The summed E-state index contributed by atoms with van der Waals surface area (Å²) in [7, 11) is 0. The Bertz CT molecular complexity index is 51.7. The molecule has 1 heterocycles. The zero-order chi connectivity index (χ0) is 5.11. The Labute approximate surface area is 49.1 Å². The van der Waals surface area contributed by atoms with E-state index < -0.39 is 0 Å². The van der Waals surface area contributed by atoms with Gasteiger partial charge in [-0.25, -0.2) is 0 Å². The number of hydrogen-bond acceptors (Lipinski definition) is 3. The van der Waals surface area contributed by atoms with Gasteiger partial charge in [-0.05, 0) is 19.5 Å². The Kier molecular flexibility index (Phi) is 1.97. The largest absolute Gasteiger partial charge is 0.294 e. The van der Waals surface area contributed by atoms with E-state index in [1.165, 1.54) is 6.42 Å². The van der Waals surface area contributed by atoms with Gasteiger partial charge in [-0.3, -0.25) is 10.6 Å². The molecule has 42 valence electrons. The van der Waals surface area contributed by atoms with Crippen LogP contribution in [0.25, 0.3) is 0 Å². The highest BCUT2D eigenvalue weighted by Gasteiger charge is 2.03. The van der Waals surface area contributed by atoms with Crippen LogP contribution >= 0.6 is 12.6 Å². The van der Waals surface area contributed by atoms with Gasteiger partial charge < -0.3 is 0 Å². The summed E-state index contributed by atoms with van der Waals surface area (Å²) in [6.07, 6.45) is 1.22. The van der Waals surface area contributed by atoms with Gasteiger partial charge in [0.15, 0.2) is 0 Å². The van der Waals surface area contributed by atoms with Crippen LogP contribution in [0.5, 0.6) is 0 Å². The summed E-state index contributed by atoms with van der Waals surface area (Å²) >= 11 is 4.14. The van der Waals surface area contributed by atoms with Crippen molar-refractivity contribution >= 4 is 12.6 Å². The van der Waals surface area contributed by atoms with Gasteiger partial charge in [0, 0.05) is 0 Å². The molecule has 1 rings (SSSR count). The average Bonchev–Trinajstić information content (AvgIpc) is 1.69. The fraction of sp³-hybridized carbons (Fsp3) is 1.00. The summed E-state index contributed by atoms with van der Waals surface area (Å²) in [5, 5.41) is 6.27. The van der Waals surface area contributed by atoms with E-state index in [9.17, 15) is 0 Å². The number of nitrogens with one attached hydrogen (secondary N) is 2. The summed E-state index contributed by atoms with van der Waals surface area (Å²) in [6.45, 7) is 2.20. The number of hydrogen-bond donors (Lipinski definition) is 3. The van der Waals surface area contributed by atoms with E-state index in [4.69, 9.17) is 0 Å². The molecule has 0 atom stereocenters. The van der Waals surface area contributed by atoms with Crippen molar-refractivity contribution in [2.24, 2.45) is 0 Å². The monoisotopic (exact) mass is 118 g/mol. The minimum Gasteiger partial charge on any atom is -0.294 e. The van der Waals surface area contributed by atoms with Crippen LogP contribution in [0.4, 0.5) is 0 Å². The molecule has 0 amide bonds. The maximum atomic E-state index is 4.14. The van der Waals surface area contributed by atoms with Crippen LogP contribution in [0.15, 0.2) is 0 Å². The molecule has 0 aliphatic carbocycles. The van der Waals surface area contributed by atoms with E-state index in [0.29, 0.717) is 0 Å². The van der Waals surface area contributed by atoms with Crippen molar-refractivity contribution < 1.29 is 0 Å². The lowest BCUT2D eigenvalue weighted by Crippen LogP contribution is -2.44. The Morgan fingerprint density at radius 1 is 1.29 bits per heavy atom. The first-order chi connectivity index (χ1) is 3.39. The molecule has 3 heteroatoms. The maximum Gasteiger partial charge on any atom is 0.103 e. The second-order valence-electron chi connectivity index (χ2n) is 1.66. The Hall–Kier alpha value is 0.270. The summed E-state index contributed by atoms with van der Waals surface area (Å²) in [5.41, 5.74) is 0.230. The van der Waals surface area contributed by atoms with Crippen LogP contribution < -0.4 is 10.6 Å². The average molecular weight is 118 g/mol. The highest BCUT2D eigenvalue weighted by Crippen LogP contribution is 1.90. The van der Waals surface area contributed by atoms with Crippen molar-refractivity contribution in [2.45, 2.75) is 11.9 Å². The van der Waals surface area contributed by atoms with E-state index in [0.717, 1.165) is 13.1 Å². The molecular formula is C4H10N2S. The molecule has 1 aliphatic heterocycles. The van der Waals surface area contributed by atoms with Crippen molar-refractivity contribution in [3.05, 3.63) is 0 Å². The molecule has 0 aromatic heterocycles. The molecule has 1 saturated heterocycles. The highest BCUT2D eigenvalue weighted by molar-refractivity contribution is 7.80. The van der Waals surface area contributed by atoms with E-state index in [1.54, 1.807) is 0 Å². The zero-order valence-corrected chi connectivity index (χ0v) is 5.04. The first-order valence-electron chi connectivity index (χ1n) is 2.54. The molecule has 0 unspecified atom stereocenters. The molecule has 0 radical (unpaired) electrons. The van der Waals surface area contributed by atoms with E-state index in [-0.39, 0.29) is 5.50 Å². The maximum absolute atomic E-state index is 4.14. The summed E-state index contributed by atoms with van der Waals surface area (Å²) in [5.74, 6) is 0. The topological polar surface area (TPSA) is 24.1 Å². The second-order valence-corrected chi connectivity index (χ2v) is 2.18. The van der Waals surface area contributed by atoms with Gasteiger partial charge in [0.25, 0.3) is 0 Å². The van der Waals surface area contributed by atoms with Crippen LogP contribution in [-0.2, 0) is 0 Å². The summed E-state index contributed by atoms with van der Waals surface area (Å²) in [6, 6.07) is 0. The van der Waals surface area contributed by atoms with Crippen molar-refractivity contribution in [1.29, 1.82) is 0 Å². The Morgan fingerprint density at radius 3 is 2.14 bits per heavy atom. The molecular weight excluding hydrogens is 108 g/mol. The van der Waals surface area contributed by atoms with E-state index in [2.05, 4.69) is 23.3 Å². The molecule has 0 saturated carbocycles. The van der Waals surface area contributed by atoms with Gasteiger partial charge in [-0.15, -0.1) is 12.6 Å². The minimum absolute atomic E-state index is 0.230. The van der Waals surface area contributed by atoms with Crippen molar-refractivity contribution in [2.75, 3.05) is 13.1 Å². The molecule has 1 aliphatic rings. The molecule has 2 N–H and O–H groups in total. The van der Waals surface area contributed by atoms with E-state index in [1.807, 2.05) is 0 Å². The van der Waals surface area contributed by atoms with Gasteiger partial charge in [0.05, 0.1) is 0 Å². The first-order valence-corrected chi connectivity index (χ1v) is 3.06. The van der Waals surface area contributed by atoms with Crippen molar-refractivity contribution in [3.8, 4) is 0 Å². The Morgan fingerprint density at radius 2 is 1.86 bits per heavy atom. The smallest absolute Gasteiger partial charge is 0.103 e. The third-order valence-electron chi connectivity index (χ3n) is 1.03. The summed E-state index contributed by atoms with van der Waals surface area (Å²) in [4.78, 5) is 0. The van der Waals surface area contributed by atoms with Gasteiger partial charge in [0.1, 0.15) is 5.50 Å². The molecule has 0 aromatic carbocycles. The minimum atomic E-state index is 0.230. The number of thiol groups is 1. The van der Waals surface area contributed by atoms with E-state index >= 15 is 0 Å². The zero-order valence-electron chi connectivity index (χ0n) is 4.15. The lowest BCUT2D eigenvalue weighted by atomic mass is 10.4. The molecule has 0 aromatic rings. The van der Waals surface area contributed by atoms with Crippen molar-refractivity contribution in [1.82, 2.24) is 10.6 Å².